The van der Waals surface area contributed by atoms with Crippen LogP contribution >= 0.6 is 0 Å². The van der Waals surface area contributed by atoms with Crippen LogP contribution in [0.3, 0.4) is 0 Å². The molecule has 1 aromatic carbocycles. The smallest absolute Gasteiger partial charge is 0.408 e. The van der Waals surface area contributed by atoms with Crippen LogP contribution in [0.15, 0.2) is 34.9 Å². The molecule has 0 aliphatic heterocycles. The zero-order chi connectivity index (χ0) is 15.1. The molecular formula is C16H16N2O3. The Labute approximate surface area is 123 Å². The molecular weight excluding hydrogens is 268 g/mol. The van der Waals surface area contributed by atoms with Crippen molar-refractivity contribution in [2.24, 2.45) is 0 Å². The zero-order valence-corrected chi connectivity index (χ0v) is 12.0. The Bertz CT molecular complexity index is 646. The Morgan fingerprint density at radius 1 is 1.33 bits per heavy atom. The predicted molar refractivity (Wildman–Crippen MR) is 77.5 cm³/mol. The van der Waals surface area contributed by atoms with Gasteiger partial charge in [-0.25, -0.2) is 4.79 Å². The minimum Gasteiger partial charge on any atom is -0.445 e. The normalized spacial score (nSPS) is 9.62. The van der Waals surface area contributed by atoms with Gasteiger partial charge in [-0.3, -0.25) is 0 Å². The maximum Gasteiger partial charge on any atom is 0.408 e. The molecule has 0 spiro atoms. The number of carbonyl (C=O) groups excluding carboxylic acids is 1. The molecule has 1 heterocycles. The topological polar surface area (TPSA) is 64.4 Å². The molecule has 5 nitrogen and oxygen atoms in total. The van der Waals surface area contributed by atoms with Crippen molar-refractivity contribution in [2.45, 2.75) is 20.5 Å². The van der Waals surface area contributed by atoms with E-state index < -0.39 is 6.09 Å². The van der Waals surface area contributed by atoms with Crippen molar-refractivity contribution in [3.8, 4) is 11.8 Å². The molecule has 0 saturated heterocycles. The lowest BCUT2D eigenvalue weighted by Crippen LogP contribution is -2.24. The predicted octanol–water partition coefficient (Wildman–Crippen LogP) is 2.57. The molecule has 2 aromatic rings. The van der Waals surface area contributed by atoms with E-state index in [4.69, 9.17) is 9.26 Å². The van der Waals surface area contributed by atoms with Gasteiger partial charge in [0.2, 0.25) is 0 Å². The van der Waals surface area contributed by atoms with Crippen LogP contribution in [0.5, 0.6) is 0 Å². The van der Waals surface area contributed by atoms with Crippen molar-refractivity contribution in [2.75, 3.05) is 6.54 Å². The maximum atomic E-state index is 11.5. The number of hydrogen-bond donors (Lipinski definition) is 1. The fraction of sp³-hybridized carbons (Fsp3) is 0.250. The third-order valence-electron chi connectivity index (χ3n) is 2.78. The van der Waals surface area contributed by atoms with Gasteiger partial charge in [0, 0.05) is 0 Å². The van der Waals surface area contributed by atoms with Gasteiger partial charge in [-0.1, -0.05) is 47.3 Å². The summed E-state index contributed by atoms with van der Waals surface area (Å²) in [5, 5.41) is 6.37. The van der Waals surface area contributed by atoms with E-state index in [1.165, 1.54) is 0 Å². The van der Waals surface area contributed by atoms with Gasteiger partial charge in [-0.15, -0.1) is 0 Å². The minimum absolute atomic E-state index is 0.206. The average Bonchev–Trinajstić information content (AvgIpc) is 2.82. The standard InChI is InChI=1S/C16H16N2O3/c1-12-15(13(2)21-18-12)9-6-10-17-16(19)20-11-14-7-4-3-5-8-14/h3-5,7-8H,10-11H2,1-2H3,(H,17,19). The third kappa shape index (κ3) is 4.39. The van der Waals surface area contributed by atoms with Crippen LogP contribution in [0.1, 0.15) is 22.6 Å². The molecule has 21 heavy (non-hydrogen) atoms. The Kier molecular flexibility index (Phi) is 4.99. The number of hydrogen-bond acceptors (Lipinski definition) is 4. The monoisotopic (exact) mass is 284 g/mol. The highest BCUT2D eigenvalue weighted by Crippen LogP contribution is 2.09. The highest BCUT2D eigenvalue weighted by atomic mass is 16.5. The lowest BCUT2D eigenvalue weighted by atomic mass is 10.2. The Balaban J connectivity index is 1.75. The van der Waals surface area contributed by atoms with Crippen molar-refractivity contribution >= 4 is 6.09 Å². The molecule has 0 unspecified atom stereocenters. The number of carbonyl (C=O) groups is 1. The summed E-state index contributed by atoms with van der Waals surface area (Å²) in [6, 6.07) is 9.49. The second kappa shape index (κ2) is 7.15. The molecule has 2 rings (SSSR count). The molecule has 0 radical (unpaired) electrons. The highest BCUT2D eigenvalue weighted by molar-refractivity contribution is 5.67. The largest absolute Gasteiger partial charge is 0.445 e. The molecule has 0 atom stereocenters. The van der Waals surface area contributed by atoms with Crippen LogP contribution in [0.2, 0.25) is 0 Å². The van der Waals surface area contributed by atoms with E-state index in [-0.39, 0.29) is 13.2 Å². The zero-order valence-electron chi connectivity index (χ0n) is 12.0. The van der Waals surface area contributed by atoms with Crippen molar-refractivity contribution in [3.05, 3.63) is 52.9 Å². The van der Waals surface area contributed by atoms with E-state index in [0.29, 0.717) is 5.76 Å². The summed E-state index contributed by atoms with van der Waals surface area (Å²) < 4.78 is 10.1. The summed E-state index contributed by atoms with van der Waals surface area (Å²) in [4.78, 5) is 11.5. The first kappa shape index (κ1) is 14.7. The number of nitrogens with zero attached hydrogens (tertiary/aromatic N) is 1. The van der Waals surface area contributed by atoms with Gasteiger partial charge >= 0.3 is 6.09 Å². The fourth-order valence-corrected chi connectivity index (χ4v) is 1.68. The van der Waals surface area contributed by atoms with Crippen LogP contribution in [-0.4, -0.2) is 17.8 Å². The molecule has 0 bridgehead atoms. The fourth-order valence-electron chi connectivity index (χ4n) is 1.68. The van der Waals surface area contributed by atoms with Gasteiger partial charge in [-0.05, 0) is 19.4 Å². The van der Waals surface area contributed by atoms with Crippen molar-refractivity contribution in [1.29, 1.82) is 0 Å². The second-order valence-corrected chi connectivity index (χ2v) is 4.42. The van der Waals surface area contributed by atoms with Gasteiger partial charge in [-0.2, -0.15) is 0 Å². The number of rotatable bonds is 3. The summed E-state index contributed by atoms with van der Waals surface area (Å²) in [5.74, 6) is 6.42. The van der Waals surface area contributed by atoms with E-state index in [0.717, 1.165) is 16.8 Å². The van der Waals surface area contributed by atoms with E-state index in [1.54, 1.807) is 6.92 Å². The lowest BCUT2D eigenvalue weighted by Gasteiger charge is -2.04. The quantitative estimate of drug-likeness (QED) is 0.880. The van der Waals surface area contributed by atoms with Crippen LogP contribution in [0.4, 0.5) is 4.79 Å². The SMILES string of the molecule is Cc1noc(C)c1C#CCNC(=O)OCc1ccccc1. The minimum atomic E-state index is -0.494. The second-order valence-electron chi connectivity index (χ2n) is 4.42. The number of alkyl carbamates (subject to hydrolysis) is 1. The van der Waals surface area contributed by atoms with Crippen LogP contribution in [-0.2, 0) is 11.3 Å². The Morgan fingerprint density at radius 2 is 2.10 bits per heavy atom. The molecule has 1 aromatic heterocycles. The molecule has 108 valence electrons. The summed E-state index contributed by atoms with van der Waals surface area (Å²) in [6.07, 6.45) is -0.494. The Hall–Kier alpha value is -2.74. The van der Waals surface area contributed by atoms with Gasteiger partial charge in [0.1, 0.15) is 12.4 Å². The van der Waals surface area contributed by atoms with Crippen molar-refractivity contribution in [1.82, 2.24) is 10.5 Å². The van der Waals surface area contributed by atoms with E-state index >= 15 is 0 Å². The number of aryl methyl sites for hydroxylation is 2. The molecule has 0 fully saturated rings. The molecule has 1 amide bonds. The summed E-state index contributed by atoms with van der Waals surface area (Å²) in [7, 11) is 0. The van der Waals surface area contributed by atoms with Gasteiger partial charge in [0.05, 0.1) is 17.8 Å². The number of aromatic nitrogens is 1. The Morgan fingerprint density at radius 3 is 2.76 bits per heavy atom. The molecule has 5 heteroatoms. The summed E-state index contributed by atoms with van der Waals surface area (Å²) in [6.45, 7) is 4.06. The highest BCUT2D eigenvalue weighted by Gasteiger charge is 2.05. The number of nitrogens with one attached hydrogen (secondary N) is 1. The van der Waals surface area contributed by atoms with E-state index in [2.05, 4.69) is 22.3 Å². The summed E-state index contributed by atoms with van der Waals surface area (Å²) >= 11 is 0. The van der Waals surface area contributed by atoms with E-state index in [1.807, 2.05) is 37.3 Å². The van der Waals surface area contributed by atoms with Gasteiger partial charge in [0.15, 0.2) is 0 Å². The third-order valence-corrected chi connectivity index (χ3v) is 2.78. The number of ether oxygens (including phenoxy) is 1. The van der Waals surface area contributed by atoms with Gasteiger partial charge < -0.3 is 14.6 Å². The average molecular weight is 284 g/mol. The number of amides is 1. The summed E-state index contributed by atoms with van der Waals surface area (Å²) in [5.41, 5.74) is 2.44. The first-order chi connectivity index (χ1) is 10.2. The van der Waals surface area contributed by atoms with Crippen LogP contribution in [0, 0.1) is 25.7 Å². The first-order valence-electron chi connectivity index (χ1n) is 6.53. The van der Waals surface area contributed by atoms with E-state index in [9.17, 15) is 4.79 Å². The van der Waals surface area contributed by atoms with Gasteiger partial charge in [0.25, 0.3) is 0 Å². The van der Waals surface area contributed by atoms with Crippen molar-refractivity contribution in [3.63, 3.8) is 0 Å². The maximum absolute atomic E-state index is 11.5. The lowest BCUT2D eigenvalue weighted by molar-refractivity contribution is 0.141. The van der Waals surface area contributed by atoms with Crippen LogP contribution < -0.4 is 5.32 Å². The van der Waals surface area contributed by atoms with Crippen molar-refractivity contribution < 1.29 is 14.1 Å². The molecule has 0 aliphatic rings. The molecule has 1 N–H and O–H groups in total. The first-order valence-corrected chi connectivity index (χ1v) is 6.53. The molecule has 0 saturated carbocycles. The van der Waals surface area contributed by atoms with Crippen LogP contribution in [0.25, 0.3) is 0 Å². The molecule has 0 aliphatic carbocycles. The number of benzene rings is 1.